The third kappa shape index (κ3) is 2.43. The van der Waals surface area contributed by atoms with Crippen molar-refractivity contribution in [2.75, 3.05) is 7.05 Å². The summed E-state index contributed by atoms with van der Waals surface area (Å²) in [6, 6.07) is 1.56. The molecule has 0 radical (unpaired) electrons. The molecular formula is C11H9F2N3O3. The molecule has 0 fully saturated rings. The number of oxazole rings is 1. The van der Waals surface area contributed by atoms with E-state index in [1.807, 2.05) is 0 Å². The van der Waals surface area contributed by atoms with Crippen LogP contribution in [0, 0.1) is 21.7 Å². The number of nitro groups is 1. The molecule has 0 spiro atoms. The molecule has 6 nitrogen and oxygen atoms in total. The molecule has 1 N–H and O–H groups in total. The Labute approximate surface area is 106 Å². The number of rotatable bonds is 4. The van der Waals surface area contributed by atoms with Crippen LogP contribution in [0.15, 0.2) is 22.8 Å². The van der Waals surface area contributed by atoms with Crippen molar-refractivity contribution in [1.82, 2.24) is 10.3 Å². The molecule has 0 saturated carbocycles. The quantitative estimate of drug-likeness (QED) is 0.680. The van der Waals surface area contributed by atoms with Gasteiger partial charge < -0.3 is 9.73 Å². The molecule has 0 bridgehead atoms. The molecule has 0 aliphatic heterocycles. The summed E-state index contributed by atoms with van der Waals surface area (Å²) in [6.07, 6.45) is 1.23. The standard InChI is InChI=1S/C11H9F2N3O3/c1-14-4-6-5-19-11(15-6)9-7(12)2-3-8(10(9)13)16(17)18/h2-3,5,14H,4H2,1H3. The summed E-state index contributed by atoms with van der Waals surface area (Å²) < 4.78 is 32.4. The summed E-state index contributed by atoms with van der Waals surface area (Å²) in [7, 11) is 1.67. The van der Waals surface area contributed by atoms with E-state index in [0.29, 0.717) is 12.2 Å². The van der Waals surface area contributed by atoms with Crippen molar-refractivity contribution >= 4 is 5.69 Å². The molecule has 19 heavy (non-hydrogen) atoms. The minimum atomic E-state index is -1.30. The summed E-state index contributed by atoms with van der Waals surface area (Å²) >= 11 is 0. The maximum absolute atomic E-state index is 13.9. The number of nitrogens with zero attached hydrogens (tertiary/aromatic N) is 2. The lowest BCUT2D eigenvalue weighted by molar-refractivity contribution is -0.387. The second kappa shape index (κ2) is 5.11. The second-order valence-corrected chi connectivity index (χ2v) is 3.69. The maximum atomic E-state index is 13.9. The van der Waals surface area contributed by atoms with E-state index in [-0.39, 0.29) is 5.89 Å². The van der Waals surface area contributed by atoms with Gasteiger partial charge in [0.1, 0.15) is 17.6 Å². The first kappa shape index (κ1) is 13.1. The molecule has 2 aromatic rings. The average Bonchev–Trinajstić information content (AvgIpc) is 2.77. The number of nitro benzene ring substituents is 1. The van der Waals surface area contributed by atoms with Gasteiger partial charge in [-0.05, 0) is 13.1 Å². The van der Waals surface area contributed by atoms with Crippen LogP contribution >= 0.6 is 0 Å². The van der Waals surface area contributed by atoms with Crippen LogP contribution in [-0.4, -0.2) is 17.0 Å². The van der Waals surface area contributed by atoms with E-state index in [0.717, 1.165) is 12.1 Å². The Morgan fingerprint density at radius 2 is 2.21 bits per heavy atom. The largest absolute Gasteiger partial charge is 0.444 e. The minimum absolute atomic E-state index is 0.330. The summed E-state index contributed by atoms with van der Waals surface area (Å²) in [6.45, 7) is 0.349. The van der Waals surface area contributed by atoms with Crippen LogP contribution in [0.5, 0.6) is 0 Å². The first-order valence-corrected chi connectivity index (χ1v) is 5.26. The van der Waals surface area contributed by atoms with E-state index in [1.54, 1.807) is 7.05 Å². The van der Waals surface area contributed by atoms with Crippen LogP contribution in [0.3, 0.4) is 0 Å². The molecule has 0 aliphatic rings. The topological polar surface area (TPSA) is 81.2 Å². The number of hydrogen-bond acceptors (Lipinski definition) is 5. The van der Waals surface area contributed by atoms with Gasteiger partial charge in [-0.2, -0.15) is 4.39 Å². The van der Waals surface area contributed by atoms with Gasteiger partial charge >= 0.3 is 5.69 Å². The van der Waals surface area contributed by atoms with Crippen LogP contribution < -0.4 is 5.32 Å². The van der Waals surface area contributed by atoms with Crippen molar-refractivity contribution < 1.29 is 18.1 Å². The zero-order chi connectivity index (χ0) is 14.0. The third-order valence-electron chi connectivity index (χ3n) is 2.39. The van der Waals surface area contributed by atoms with Crippen molar-refractivity contribution in [3.05, 3.63) is 45.8 Å². The average molecular weight is 269 g/mol. The number of nitrogens with one attached hydrogen (secondary N) is 1. The minimum Gasteiger partial charge on any atom is -0.444 e. The summed E-state index contributed by atoms with van der Waals surface area (Å²) in [5, 5.41) is 13.4. The molecule has 0 saturated heterocycles. The van der Waals surface area contributed by atoms with Crippen molar-refractivity contribution in [2.45, 2.75) is 6.54 Å². The Morgan fingerprint density at radius 3 is 2.84 bits per heavy atom. The highest BCUT2D eigenvalue weighted by Crippen LogP contribution is 2.31. The van der Waals surface area contributed by atoms with Crippen LogP contribution in [0.1, 0.15) is 5.69 Å². The first-order chi connectivity index (χ1) is 9.04. The zero-order valence-electron chi connectivity index (χ0n) is 9.81. The normalized spacial score (nSPS) is 10.7. The SMILES string of the molecule is CNCc1coc(-c2c(F)ccc([N+](=O)[O-])c2F)n1. The highest BCUT2D eigenvalue weighted by Gasteiger charge is 2.25. The van der Waals surface area contributed by atoms with Crippen LogP contribution in [0.4, 0.5) is 14.5 Å². The molecule has 0 amide bonds. The van der Waals surface area contributed by atoms with E-state index in [4.69, 9.17) is 4.42 Å². The Balaban J connectivity index is 2.53. The Hall–Kier alpha value is -2.35. The lowest BCUT2D eigenvalue weighted by Crippen LogP contribution is -2.05. The highest BCUT2D eigenvalue weighted by molar-refractivity contribution is 5.60. The van der Waals surface area contributed by atoms with Gasteiger partial charge in [0, 0.05) is 12.6 Å². The lowest BCUT2D eigenvalue weighted by atomic mass is 10.1. The Bertz CT molecular complexity index is 628. The molecule has 1 aromatic heterocycles. The van der Waals surface area contributed by atoms with Gasteiger partial charge in [-0.3, -0.25) is 10.1 Å². The van der Waals surface area contributed by atoms with Crippen LogP contribution in [0.25, 0.3) is 11.5 Å². The van der Waals surface area contributed by atoms with Gasteiger partial charge in [-0.1, -0.05) is 0 Å². The Morgan fingerprint density at radius 1 is 1.47 bits per heavy atom. The monoisotopic (exact) mass is 269 g/mol. The lowest BCUT2D eigenvalue weighted by Gasteiger charge is -2.01. The number of halogens is 2. The number of benzene rings is 1. The van der Waals surface area contributed by atoms with E-state index >= 15 is 0 Å². The van der Waals surface area contributed by atoms with Gasteiger partial charge in [0.25, 0.3) is 0 Å². The molecule has 1 aromatic carbocycles. The van der Waals surface area contributed by atoms with Gasteiger partial charge in [0.05, 0.1) is 10.6 Å². The second-order valence-electron chi connectivity index (χ2n) is 3.69. The molecule has 2 rings (SSSR count). The van der Waals surface area contributed by atoms with Crippen molar-refractivity contribution in [1.29, 1.82) is 0 Å². The Kier molecular flexibility index (Phi) is 3.52. The summed E-state index contributed by atoms with van der Waals surface area (Å²) in [4.78, 5) is 13.5. The van der Waals surface area contributed by atoms with E-state index < -0.39 is 27.8 Å². The fourth-order valence-corrected chi connectivity index (χ4v) is 1.56. The van der Waals surface area contributed by atoms with E-state index in [9.17, 15) is 18.9 Å². The van der Waals surface area contributed by atoms with E-state index in [1.165, 1.54) is 6.26 Å². The zero-order valence-corrected chi connectivity index (χ0v) is 9.81. The molecule has 0 atom stereocenters. The predicted molar refractivity (Wildman–Crippen MR) is 61.3 cm³/mol. The highest BCUT2D eigenvalue weighted by atomic mass is 19.1. The number of hydrogen-bond donors (Lipinski definition) is 1. The summed E-state index contributed by atoms with van der Waals surface area (Å²) in [5.41, 5.74) is -1.04. The molecule has 0 unspecified atom stereocenters. The molecule has 0 aliphatic carbocycles. The van der Waals surface area contributed by atoms with Gasteiger partial charge in [0.15, 0.2) is 0 Å². The van der Waals surface area contributed by atoms with Crippen LogP contribution in [-0.2, 0) is 6.54 Å². The molecule has 1 heterocycles. The van der Waals surface area contributed by atoms with Gasteiger partial charge in [-0.25, -0.2) is 9.37 Å². The first-order valence-electron chi connectivity index (χ1n) is 5.26. The van der Waals surface area contributed by atoms with Crippen molar-refractivity contribution in [3.63, 3.8) is 0 Å². The predicted octanol–water partition coefficient (Wildman–Crippen LogP) is 2.25. The number of aromatic nitrogens is 1. The fraction of sp³-hybridized carbons (Fsp3) is 0.182. The van der Waals surface area contributed by atoms with Crippen molar-refractivity contribution in [2.24, 2.45) is 0 Å². The maximum Gasteiger partial charge on any atom is 0.305 e. The van der Waals surface area contributed by atoms with Gasteiger partial charge in [-0.15, -0.1) is 0 Å². The van der Waals surface area contributed by atoms with E-state index in [2.05, 4.69) is 10.3 Å². The summed E-state index contributed by atoms with van der Waals surface area (Å²) in [5.74, 6) is -2.60. The molecular weight excluding hydrogens is 260 g/mol. The smallest absolute Gasteiger partial charge is 0.305 e. The van der Waals surface area contributed by atoms with Gasteiger partial charge in [0.2, 0.25) is 11.7 Å². The third-order valence-corrected chi connectivity index (χ3v) is 2.39. The van der Waals surface area contributed by atoms with Crippen LogP contribution in [0.2, 0.25) is 0 Å². The van der Waals surface area contributed by atoms with Crippen molar-refractivity contribution in [3.8, 4) is 11.5 Å². The molecule has 8 heteroatoms. The molecule has 100 valence electrons. The fourth-order valence-electron chi connectivity index (χ4n) is 1.56.